The minimum atomic E-state index is -0.602. The summed E-state index contributed by atoms with van der Waals surface area (Å²) in [6.45, 7) is 4.16. The minimum Gasteiger partial charge on any atom is -0.466 e. The molecule has 4 heteroatoms. The van der Waals surface area contributed by atoms with Gasteiger partial charge in [0.05, 0.1) is 13.7 Å². The Bertz CT molecular complexity index is 490. The maximum Gasteiger partial charge on any atom is 0.333 e. The minimum absolute atomic E-state index is 0.220. The zero-order valence-corrected chi connectivity index (χ0v) is 12.1. The van der Waals surface area contributed by atoms with Crippen molar-refractivity contribution in [3.05, 3.63) is 47.5 Å². The molecule has 0 bridgehead atoms. The fourth-order valence-electron chi connectivity index (χ4n) is 2.17. The summed E-state index contributed by atoms with van der Waals surface area (Å²) >= 11 is 0. The number of carbonyl (C=O) groups excluding carboxylic acids is 1. The van der Waals surface area contributed by atoms with Crippen molar-refractivity contribution in [2.24, 2.45) is 0 Å². The highest BCUT2D eigenvalue weighted by Gasteiger charge is 2.32. The van der Waals surface area contributed by atoms with Crippen LogP contribution in [-0.2, 0) is 25.4 Å². The zero-order valence-electron chi connectivity index (χ0n) is 12.1. The van der Waals surface area contributed by atoms with Crippen molar-refractivity contribution in [2.75, 3.05) is 13.7 Å². The van der Waals surface area contributed by atoms with E-state index in [0.717, 1.165) is 5.56 Å². The van der Waals surface area contributed by atoms with Crippen LogP contribution in [0.3, 0.4) is 0 Å². The molecule has 0 spiro atoms. The van der Waals surface area contributed by atoms with Crippen molar-refractivity contribution in [3.63, 3.8) is 0 Å². The van der Waals surface area contributed by atoms with E-state index in [0.29, 0.717) is 18.6 Å². The van der Waals surface area contributed by atoms with E-state index in [4.69, 9.17) is 14.2 Å². The average molecular weight is 276 g/mol. The molecule has 0 unspecified atom stereocenters. The molecule has 1 aliphatic heterocycles. The summed E-state index contributed by atoms with van der Waals surface area (Å²) < 4.78 is 16.0. The van der Waals surface area contributed by atoms with Crippen LogP contribution in [-0.4, -0.2) is 31.6 Å². The fraction of sp³-hybridized carbons (Fsp3) is 0.438. The molecule has 1 heterocycles. The number of hydrogen-bond acceptors (Lipinski definition) is 4. The molecule has 108 valence electrons. The second-order valence-electron chi connectivity index (χ2n) is 5.21. The van der Waals surface area contributed by atoms with Crippen molar-refractivity contribution < 1.29 is 19.0 Å². The van der Waals surface area contributed by atoms with E-state index in [-0.39, 0.29) is 12.1 Å². The van der Waals surface area contributed by atoms with Crippen LogP contribution in [0.2, 0.25) is 0 Å². The van der Waals surface area contributed by atoms with Gasteiger partial charge in [-0.3, -0.25) is 0 Å². The predicted molar refractivity (Wildman–Crippen MR) is 75.1 cm³/mol. The van der Waals surface area contributed by atoms with Crippen LogP contribution in [0.15, 0.2) is 42.0 Å². The number of benzene rings is 1. The molecular formula is C16H20O4. The smallest absolute Gasteiger partial charge is 0.333 e. The monoisotopic (exact) mass is 276 g/mol. The molecular weight excluding hydrogens is 256 g/mol. The Hall–Kier alpha value is -1.65. The van der Waals surface area contributed by atoms with Crippen molar-refractivity contribution in [2.45, 2.75) is 32.2 Å². The van der Waals surface area contributed by atoms with Gasteiger partial charge in [-0.25, -0.2) is 4.79 Å². The maximum atomic E-state index is 11.9. The van der Waals surface area contributed by atoms with Gasteiger partial charge in [-0.2, -0.15) is 0 Å². The summed E-state index contributed by atoms with van der Waals surface area (Å²) in [7, 11) is 1.39. The molecule has 1 saturated heterocycles. The lowest BCUT2D eigenvalue weighted by atomic mass is 10.0. The molecule has 0 amide bonds. The van der Waals surface area contributed by atoms with E-state index in [2.05, 4.69) is 0 Å². The first-order valence-corrected chi connectivity index (χ1v) is 6.65. The second kappa shape index (κ2) is 6.20. The largest absolute Gasteiger partial charge is 0.466 e. The van der Waals surface area contributed by atoms with Crippen LogP contribution in [0.4, 0.5) is 0 Å². The third-order valence-corrected chi connectivity index (χ3v) is 3.10. The van der Waals surface area contributed by atoms with Crippen molar-refractivity contribution >= 4 is 5.97 Å². The molecule has 1 atom stereocenters. The first-order valence-electron chi connectivity index (χ1n) is 6.65. The molecule has 1 aromatic rings. The van der Waals surface area contributed by atoms with Crippen LogP contribution in [0.5, 0.6) is 0 Å². The van der Waals surface area contributed by atoms with Gasteiger partial charge in [0.1, 0.15) is 6.10 Å². The number of rotatable bonds is 4. The summed E-state index contributed by atoms with van der Waals surface area (Å²) in [6.07, 6.45) is 2.10. The molecule has 2 rings (SSSR count). The van der Waals surface area contributed by atoms with E-state index in [1.54, 1.807) is 6.08 Å². The molecule has 1 fully saturated rings. The number of esters is 1. The number of carbonyl (C=O) groups is 1. The van der Waals surface area contributed by atoms with Crippen LogP contribution in [0.1, 0.15) is 19.4 Å². The third-order valence-electron chi connectivity index (χ3n) is 3.10. The molecule has 4 nitrogen and oxygen atoms in total. The van der Waals surface area contributed by atoms with Gasteiger partial charge in [-0.05, 0) is 25.5 Å². The van der Waals surface area contributed by atoms with E-state index in [1.807, 2.05) is 44.2 Å². The van der Waals surface area contributed by atoms with Crippen LogP contribution < -0.4 is 0 Å². The highest BCUT2D eigenvalue weighted by molar-refractivity contribution is 5.89. The van der Waals surface area contributed by atoms with Gasteiger partial charge in [0, 0.05) is 12.0 Å². The van der Waals surface area contributed by atoms with Crippen LogP contribution in [0.25, 0.3) is 0 Å². The standard InChI is InChI=1S/C16H20O4/c1-16(2)19-11-14(20-16)10-13(15(17)18-3)9-12-7-5-4-6-8-12/h4-8,10,14H,9,11H2,1-3H3/b13-10+/t14-/m0/s1. The molecule has 0 aliphatic carbocycles. The molecule has 1 aromatic carbocycles. The normalized spacial score (nSPS) is 21.8. The van der Waals surface area contributed by atoms with E-state index in [9.17, 15) is 4.79 Å². The summed E-state index contributed by atoms with van der Waals surface area (Å²) in [6, 6.07) is 9.80. The maximum absolute atomic E-state index is 11.9. The van der Waals surface area contributed by atoms with Gasteiger partial charge in [0.2, 0.25) is 0 Å². The number of methoxy groups -OCH3 is 1. The second-order valence-corrected chi connectivity index (χ2v) is 5.21. The van der Waals surface area contributed by atoms with Gasteiger partial charge in [0.15, 0.2) is 5.79 Å². The van der Waals surface area contributed by atoms with E-state index >= 15 is 0 Å². The van der Waals surface area contributed by atoms with Crippen molar-refractivity contribution in [1.82, 2.24) is 0 Å². The Kier molecular flexibility index (Phi) is 4.57. The SMILES string of the molecule is COC(=O)/C(=C/[C@H]1COC(C)(C)O1)Cc1ccccc1. The van der Waals surface area contributed by atoms with Gasteiger partial charge in [-0.15, -0.1) is 0 Å². The summed E-state index contributed by atoms with van der Waals surface area (Å²) in [4.78, 5) is 11.9. The lowest BCUT2D eigenvalue weighted by molar-refractivity contribution is -0.137. The van der Waals surface area contributed by atoms with Gasteiger partial charge < -0.3 is 14.2 Å². The van der Waals surface area contributed by atoms with Crippen molar-refractivity contribution in [3.8, 4) is 0 Å². The summed E-state index contributed by atoms with van der Waals surface area (Å²) in [5, 5.41) is 0. The Morgan fingerprint density at radius 2 is 2.10 bits per heavy atom. The van der Waals surface area contributed by atoms with Crippen LogP contribution >= 0.6 is 0 Å². The lowest BCUT2D eigenvalue weighted by Crippen LogP contribution is -2.21. The zero-order chi connectivity index (χ0) is 14.6. The summed E-state index contributed by atoms with van der Waals surface area (Å²) in [5.74, 6) is -0.933. The van der Waals surface area contributed by atoms with Gasteiger partial charge >= 0.3 is 5.97 Å². The molecule has 1 aliphatic rings. The molecule has 0 saturated carbocycles. The van der Waals surface area contributed by atoms with E-state index < -0.39 is 5.79 Å². The molecule has 0 aromatic heterocycles. The molecule has 0 radical (unpaired) electrons. The third kappa shape index (κ3) is 3.92. The highest BCUT2D eigenvalue weighted by atomic mass is 16.7. The molecule has 0 N–H and O–H groups in total. The summed E-state index contributed by atoms with van der Waals surface area (Å²) in [5.41, 5.74) is 1.65. The molecule has 20 heavy (non-hydrogen) atoms. The Labute approximate surface area is 119 Å². The van der Waals surface area contributed by atoms with Crippen LogP contribution in [0, 0.1) is 0 Å². The fourth-order valence-corrected chi connectivity index (χ4v) is 2.17. The predicted octanol–water partition coefficient (Wildman–Crippen LogP) is 2.48. The lowest BCUT2D eigenvalue weighted by Gasteiger charge is -2.16. The first-order chi connectivity index (χ1) is 9.50. The van der Waals surface area contributed by atoms with Gasteiger partial charge in [0.25, 0.3) is 0 Å². The Balaban J connectivity index is 2.14. The quantitative estimate of drug-likeness (QED) is 0.626. The van der Waals surface area contributed by atoms with E-state index in [1.165, 1.54) is 7.11 Å². The van der Waals surface area contributed by atoms with Gasteiger partial charge in [-0.1, -0.05) is 30.3 Å². The Morgan fingerprint density at radius 3 is 2.65 bits per heavy atom. The number of ether oxygens (including phenoxy) is 3. The number of hydrogen-bond donors (Lipinski definition) is 0. The average Bonchev–Trinajstić information content (AvgIpc) is 2.77. The first kappa shape index (κ1) is 14.8. The van der Waals surface area contributed by atoms with Crippen molar-refractivity contribution in [1.29, 1.82) is 0 Å². The highest BCUT2D eigenvalue weighted by Crippen LogP contribution is 2.24. The topological polar surface area (TPSA) is 44.8 Å². The Morgan fingerprint density at radius 1 is 1.40 bits per heavy atom.